The number of aryl methyl sites for hydroxylation is 2. The lowest BCUT2D eigenvalue weighted by atomic mass is 10.3. The molecule has 0 atom stereocenters. The molecule has 0 bridgehead atoms. The highest BCUT2D eigenvalue weighted by molar-refractivity contribution is 14.1. The van der Waals surface area contributed by atoms with E-state index in [-0.39, 0.29) is 0 Å². The molecule has 0 unspecified atom stereocenters. The highest BCUT2D eigenvalue weighted by atomic mass is 127. The van der Waals surface area contributed by atoms with Gasteiger partial charge in [-0.3, -0.25) is 0 Å². The minimum atomic E-state index is 0.778. The second-order valence-corrected chi connectivity index (χ2v) is 5.90. The average molecular weight is 357 g/mol. The molecule has 5 heteroatoms. The Morgan fingerprint density at radius 1 is 1.12 bits per heavy atom. The molecular formula is C12H12IN3S. The Balaban J connectivity index is 2.31. The van der Waals surface area contributed by atoms with Gasteiger partial charge in [0.25, 0.3) is 0 Å². The molecule has 0 amide bonds. The number of nitrogens with zero attached hydrogens (tertiary/aromatic N) is 2. The van der Waals surface area contributed by atoms with Crippen molar-refractivity contribution >= 4 is 40.0 Å². The van der Waals surface area contributed by atoms with Crippen molar-refractivity contribution in [1.29, 1.82) is 0 Å². The zero-order valence-electron chi connectivity index (χ0n) is 9.57. The van der Waals surface area contributed by atoms with Crippen molar-refractivity contribution in [3.05, 3.63) is 39.2 Å². The standard InChI is InChI=1S/C12H12IN3S/c1-7-5-8(2)16-12(15-7)17-11-4-3-9(14)6-10(11)13/h3-6H,14H2,1-2H3. The van der Waals surface area contributed by atoms with E-state index in [4.69, 9.17) is 5.73 Å². The molecule has 0 aliphatic carbocycles. The minimum absolute atomic E-state index is 0.778. The van der Waals surface area contributed by atoms with Crippen LogP contribution in [0.3, 0.4) is 0 Å². The van der Waals surface area contributed by atoms with Crippen molar-refractivity contribution < 1.29 is 0 Å². The van der Waals surface area contributed by atoms with Gasteiger partial charge in [-0.05, 0) is 72.5 Å². The van der Waals surface area contributed by atoms with Gasteiger partial charge < -0.3 is 5.73 Å². The summed E-state index contributed by atoms with van der Waals surface area (Å²) in [6.07, 6.45) is 0. The Labute approximate surface area is 118 Å². The number of anilines is 1. The van der Waals surface area contributed by atoms with Crippen LogP contribution >= 0.6 is 34.4 Å². The van der Waals surface area contributed by atoms with Gasteiger partial charge in [-0.25, -0.2) is 9.97 Å². The molecule has 0 aliphatic heterocycles. The third-order valence-corrected chi connectivity index (χ3v) is 4.32. The number of nitrogen functional groups attached to an aromatic ring is 1. The van der Waals surface area contributed by atoms with E-state index < -0.39 is 0 Å². The molecule has 0 fully saturated rings. The Hall–Kier alpha value is -0.820. The first-order valence-corrected chi connectivity index (χ1v) is 6.99. The van der Waals surface area contributed by atoms with E-state index in [0.29, 0.717) is 0 Å². The fraction of sp³-hybridized carbons (Fsp3) is 0.167. The number of halogens is 1. The van der Waals surface area contributed by atoms with Crippen molar-refractivity contribution in [2.75, 3.05) is 5.73 Å². The lowest BCUT2D eigenvalue weighted by Gasteiger charge is -2.05. The van der Waals surface area contributed by atoms with E-state index in [1.54, 1.807) is 11.8 Å². The third-order valence-electron chi connectivity index (χ3n) is 2.12. The number of benzene rings is 1. The van der Waals surface area contributed by atoms with Crippen LogP contribution in [0.25, 0.3) is 0 Å². The summed E-state index contributed by atoms with van der Waals surface area (Å²) in [6, 6.07) is 7.82. The van der Waals surface area contributed by atoms with Gasteiger partial charge in [0.15, 0.2) is 5.16 Å². The first-order valence-electron chi connectivity index (χ1n) is 5.10. The van der Waals surface area contributed by atoms with E-state index in [1.807, 2.05) is 38.1 Å². The zero-order chi connectivity index (χ0) is 12.4. The highest BCUT2D eigenvalue weighted by Gasteiger charge is 2.06. The van der Waals surface area contributed by atoms with E-state index in [9.17, 15) is 0 Å². The van der Waals surface area contributed by atoms with Crippen molar-refractivity contribution in [3.8, 4) is 0 Å². The van der Waals surface area contributed by atoms with Crippen molar-refractivity contribution in [1.82, 2.24) is 9.97 Å². The number of nitrogens with two attached hydrogens (primary N) is 1. The number of rotatable bonds is 2. The zero-order valence-corrected chi connectivity index (χ0v) is 12.5. The molecule has 2 aromatic rings. The predicted molar refractivity (Wildman–Crippen MR) is 79.2 cm³/mol. The first kappa shape index (κ1) is 12.6. The van der Waals surface area contributed by atoms with E-state index >= 15 is 0 Å². The summed E-state index contributed by atoms with van der Waals surface area (Å²) in [7, 11) is 0. The van der Waals surface area contributed by atoms with E-state index in [1.165, 1.54) is 0 Å². The van der Waals surface area contributed by atoms with Crippen LogP contribution in [-0.2, 0) is 0 Å². The van der Waals surface area contributed by atoms with Gasteiger partial charge in [-0.1, -0.05) is 0 Å². The average Bonchev–Trinajstić information content (AvgIpc) is 2.21. The van der Waals surface area contributed by atoms with Crippen LogP contribution in [0.1, 0.15) is 11.4 Å². The maximum atomic E-state index is 5.72. The summed E-state index contributed by atoms with van der Waals surface area (Å²) in [4.78, 5) is 9.95. The fourth-order valence-corrected chi connectivity index (χ4v) is 3.18. The predicted octanol–water partition coefficient (Wildman–Crippen LogP) is 3.43. The van der Waals surface area contributed by atoms with Crippen molar-refractivity contribution in [2.45, 2.75) is 23.9 Å². The molecule has 17 heavy (non-hydrogen) atoms. The smallest absolute Gasteiger partial charge is 0.192 e. The van der Waals surface area contributed by atoms with Crippen LogP contribution < -0.4 is 5.73 Å². The fourth-order valence-electron chi connectivity index (χ4n) is 1.44. The molecular weight excluding hydrogens is 345 g/mol. The highest BCUT2D eigenvalue weighted by Crippen LogP contribution is 2.30. The maximum Gasteiger partial charge on any atom is 0.192 e. The van der Waals surface area contributed by atoms with E-state index in [2.05, 4.69) is 32.6 Å². The topological polar surface area (TPSA) is 51.8 Å². The second-order valence-electron chi connectivity index (χ2n) is 3.73. The van der Waals surface area contributed by atoms with Gasteiger partial charge in [-0.2, -0.15) is 0 Å². The quantitative estimate of drug-likeness (QED) is 0.508. The molecule has 2 rings (SSSR count). The summed E-state index contributed by atoms with van der Waals surface area (Å²) >= 11 is 3.84. The van der Waals surface area contributed by atoms with Crippen LogP contribution in [0.4, 0.5) is 5.69 Å². The number of hydrogen-bond donors (Lipinski definition) is 1. The summed E-state index contributed by atoms with van der Waals surface area (Å²) in [6.45, 7) is 3.96. The summed E-state index contributed by atoms with van der Waals surface area (Å²) in [5.74, 6) is 0. The Morgan fingerprint density at radius 2 is 1.76 bits per heavy atom. The molecule has 1 heterocycles. The van der Waals surface area contributed by atoms with Crippen LogP contribution in [0.2, 0.25) is 0 Å². The summed E-state index contributed by atoms with van der Waals surface area (Å²) in [5, 5.41) is 0.783. The van der Waals surface area contributed by atoms with Gasteiger partial charge in [0, 0.05) is 25.5 Å². The molecule has 1 aromatic carbocycles. The van der Waals surface area contributed by atoms with Crippen LogP contribution in [0.5, 0.6) is 0 Å². The largest absolute Gasteiger partial charge is 0.399 e. The SMILES string of the molecule is Cc1cc(C)nc(Sc2ccc(N)cc2I)n1. The lowest BCUT2D eigenvalue weighted by Crippen LogP contribution is -1.93. The van der Waals surface area contributed by atoms with Crippen molar-refractivity contribution in [2.24, 2.45) is 0 Å². The Morgan fingerprint density at radius 3 is 2.35 bits per heavy atom. The van der Waals surface area contributed by atoms with Gasteiger partial charge >= 0.3 is 0 Å². The summed E-state index contributed by atoms with van der Waals surface area (Å²) < 4.78 is 1.12. The van der Waals surface area contributed by atoms with Crippen LogP contribution in [-0.4, -0.2) is 9.97 Å². The van der Waals surface area contributed by atoms with Gasteiger partial charge in [0.1, 0.15) is 0 Å². The van der Waals surface area contributed by atoms with Crippen LogP contribution in [0.15, 0.2) is 34.3 Å². The van der Waals surface area contributed by atoms with Gasteiger partial charge in [0.2, 0.25) is 0 Å². The monoisotopic (exact) mass is 357 g/mol. The molecule has 0 radical (unpaired) electrons. The molecule has 0 saturated carbocycles. The summed E-state index contributed by atoms with van der Waals surface area (Å²) in [5.41, 5.74) is 8.48. The third kappa shape index (κ3) is 3.32. The molecule has 1 aromatic heterocycles. The number of hydrogen-bond acceptors (Lipinski definition) is 4. The van der Waals surface area contributed by atoms with Crippen LogP contribution in [0, 0.1) is 17.4 Å². The van der Waals surface area contributed by atoms with E-state index in [0.717, 1.165) is 30.7 Å². The molecule has 2 N–H and O–H groups in total. The molecule has 0 spiro atoms. The minimum Gasteiger partial charge on any atom is -0.399 e. The molecule has 88 valence electrons. The maximum absolute atomic E-state index is 5.72. The normalized spacial score (nSPS) is 10.5. The van der Waals surface area contributed by atoms with Gasteiger partial charge in [-0.15, -0.1) is 0 Å². The Bertz CT molecular complexity index is 537. The first-order chi connectivity index (χ1) is 8.04. The molecule has 3 nitrogen and oxygen atoms in total. The van der Waals surface area contributed by atoms with Gasteiger partial charge in [0.05, 0.1) is 0 Å². The molecule has 0 saturated heterocycles. The lowest BCUT2D eigenvalue weighted by molar-refractivity contribution is 0.902. The molecule has 0 aliphatic rings. The van der Waals surface area contributed by atoms with Crippen molar-refractivity contribution in [3.63, 3.8) is 0 Å². The Kier molecular flexibility index (Phi) is 3.88. The second kappa shape index (κ2) is 5.22. The number of aromatic nitrogens is 2.